The van der Waals surface area contributed by atoms with Gasteiger partial charge in [-0.05, 0) is 39.5 Å². The van der Waals surface area contributed by atoms with Gasteiger partial charge in [-0.2, -0.15) is 0 Å². The summed E-state index contributed by atoms with van der Waals surface area (Å²) >= 11 is 0. The molecule has 0 saturated heterocycles. The van der Waals surface area contributed by atoms with Crippen LogP contribution in [0.1, 0.15) is 64.5 Å². The molecule has 17 heavy (non-hydrogen) atoms. The quantitative estimate of drug-likeness (QED) is 0.857. The van der Waals surface area contributed by atoms with Crippen molar-refractivity contribution < 1.29 is 0 Å². The van der Waals surface area contributed by atoms with E-state index in [-0.39, 0.29) is 5.54 Å². The van der Waals surface area contributed by atoms with E-state index in [4.69, 9.17) is 5.73 Å². The minimum Gasteiger partial charge on any atom is -0.324 e. The zero-order chi connectivity index (χ0) is 12.6. The van der Waals surface area contributed by atoms with Crippen molar-refractivity contribution in [3.8, 4) is 0 Å². The van der Waals surface area contributed by atoms with Crippen LogP contribution in [0.25, 0.3) is 0 Å². The van der Waals surface area contributed by atoms with Gasteiger partial charge in [0.05, 0.1) is 6.54 Å². The maximum Gasteiger partial charge on any atom is 0.147 e. The van der Waals surface area contributed by atoms with Crippen molar-refractivity contribution in [1.29, 1.82) is 0 Å². The van der Waals surface area contributed by atoms with E-state index in [2.05, 4.69) is 42.5 Å². The normalized spacial score (nSPS) is 25.5. The second-order valence-electron chi connectivity index (χ2n) is 6.20. The fourth-order valence-electron chi connectivity index (χ4n) is 2.96. The van der Waals surface area contributed by atoms with Crippen molar-refractivity contribution in [1.82, 2.24) is 14.8 Å². The van der Waals surface area contributed by atoms with Crippen LogP contribution in [-0.4, -0.2) is 14.8 Å². The Kier molecular flexibility index (Phi) is 3.25. The van der Waals surface area contributed by atoms with E-state index in [0.717, 1.165) is 11.6 Å². The molecule has 4 heteroatoms. The second-order valence-corrected chi connectivity index (χ2v) is 6.20. The number of hydrogen-bond donors (Lipinski definition) is 1. The zero-order valence-corrected chi connectivity index (χ0v) is 11.4. The van der Waals surface area contributed by atoms with Crippen LogP contribution in [0.5, 0.6) is 0 Å². The lowest BCUT2D eigenvalue weighted by Crippen LogP contribution is -2.29. The van der Waals surface area contributed by atoms with Crippen LogP contribution >= 0.6 is 0 Å². The molecule has 1 aliphatic rings. The molecule has 0 amide bonds. The zero-order valence-electron chi connectivity index (χ0n) is 11.4. The molecule has 1 aromatic rings. The SMILES string of the molecule is CC1CCCC1c1nnc(CN)n1C(C)(C)C. The molecule has 1 aliphatic carbocycles. The van der Waals surface area contributed by atoms with Crippen molar-refractivity contribution in [3.63, 3.8) is 0 Å². The molecule has 1 fully saturated rings. The van der Waals surface area contributed by atoms with Crippen LogP contribution in [0.2, 0.25) is 0 Å². The number of rotatable bonds is 2. The molecular formula is C13H24N4. The van der Waals surface area contributed by atoms with Gasteiger partial charge in [0.2, 0.25) is 0 Å². The van der Waals surface area contributed by atoms with Gasteiger partial charge in [-0.25, -0.2) is 0 Å². The average Bonchev–Trinajstić information content (AvgIpc) is 2.81. The number of aromatic nitrogens is 3. The molecule has 0 spiro atoms. The molecule has 0 radical (unpaired) electrons. The van der Waals surface area contributed by atoms with Gasteiger partial charge < -0.3 is 10.3 Å². The van der Waals surface area contributed by atoms with Crippen molar-refractivity contribution in [3.05, 3.63) is 11.6 Å². The summed E-state index contributed by atoms with van der Waals surface area (Å²) in [5.41, 5.74) is 5.78. The number of nitrogens with zero attached hydrogens (tertiary/aromatic N) is 3. The van der Waals surface area contributed by atoms with Gasteiger partial charge in [0.1, 0.15) is 11.6 Å². The molecule has 1 saturated carbocycles. The highest BCUT2D eigenvalue weighted by Gasteiger charge is 2.32. The highest BCUT2D eigenvalue weighted by atomic mass is 15.3. The van der Waals surface area contributed by atoms with E-state index in [0.29, 0.717) is 18.4 Å². The van der Waals surface area contributed by atoms with Crippen LogP contribution < -0.4 is 5.73 Å². The lowest BCUT2D eigenvalue weighted by molar-refractivity contribution is 0.348. The molecule has 4 nitrogen and oxygen atoms in total. The minimum absolute atomic E-state index is 0.00977. The van der Waals surface area contributed by atoms with E-state index in [1.54, 1.807) is 0 Å². The first-order valence-electron chi connectivity index (χ1n) is 6.60. The first kappa shape index (κ1) is 12.6. The Morgan fingerprint density at radius 3 is 2.47 bits per heavy atom. The largest absolute Gasteiger partial charge is 0.324 e. The Labute approximate surface area is 104 Å². The molecule has 2 rings (SSSR count). The third-order valence-electron chi connectivity index (χ3n) is 3.80. The van der Waals surface area contributed by atoms with Gasteiger partial charge >= 0.3 is 0 Å². The Hall–Kier alpha value is -0.900. The first-order chi connectivity index (χ1) is 7.95. The summed E-state index contributed by atoms with van der Waals surface area (Å²) in [7, 11) is 0. The molecular weight excluding hydrogens is 212 g/mol. The van der Waals surface area contributed by atoms with Crippen molar-refractivity contribution in [2.45, 2.75) is 65.0 Å². The van der Waals surface area contributed by atoms with Crippen molar-refractivity contribution in [2.24, 2.45) is 11.7 Å². The van der Waals surface area contributed by atoms with Gasteiger partial charge in [-0.1, -0.05) is 13.3 Å². The Morgan fingerprint density at radius 1 is 1.29 bits per heavy atom. The van der Waals surface area contributed by atoms with E-state index < -0.39 is 0 Å². The lowest BCUT2D eigenvalue weighted by Gasteiger charge is -2.27. The predicted octanol–water partition coefficient (Wildman–Crippen LogP) is 2.40. The molecule has 2 unspecified atom stereocenters. The molecule has 0 bridgehead atoms. The van der Waals surface area contributed by atoms with Gasteiger partial charge in [0.25, 0.3) is 0 Å². The minimum atomic E-state index is 0.00977. The maximum absolute atomic E-state index is 5.77. The summed E-state index contributed by atoms with van der Waals surface area (Å²) in [5.74, 6) is 3.32. The van der Waals surface area contributed by atoms with Gasteiger partial charge in [0.15, 0.2) is 0 Å². The number of hydrogen-bond acceptors (Lipinski definition) is 3. The molecule has 1 heterocycles. The summed E-state index contributed by atoms with van der Waals surface area (Å²) in [6.07, 6.45) is 3.85. The first-order valence-corrected chi connectivity index (χ1v) is 6.60. The van der Waals surface area contributed by atoms with Crippen molar-refractivity contribution in [2.75, 3.05) is 0 Å². The van der Waals surface area contributed by atoms with E-state index >= 15 is 0 Å². The van der Waals surface area contributed by atoms with Crippen LogP contribution in [-0.2, 0) is 12.1 Å². The van der Waals surface area contributed by atoms with E-state index in [9.17, 15) is 0 Å². The molecule has 2 N–H and O–H groups in total. The summed E-state index contributed by atoms with van der Waals surface area (Å²) in [4.78, 5) is 0. The summed E-state index contributed by atoms with van der Waals surface area (Å²) in [5, 5.41) is 8.69. The van der Waals surface area contributed by atoms with Crippen LogP contribution in [0.4, 0.5) is 0 Å². The monoisotopic (exact) mass is 236 g/mol. The smallest absolute Gasteiger partial charge is 0.147 e. The summed E-state index contributed by atoms with van der Waals surface area (Å²) in [6.45, 7) is 9.36. The van der Waals surface area contributed by atoms with Gasteiger partial charge in [-0.3, -0.25) is 0 Å². The molecule has 0 aromatic carbocycles. The van der Waals surface area contributed by atoms with Crippen LogP contribution in [0, 0.1) is 5.92 Å². The Bertz CT molecular complexity index is 389. The second kappa shape index (κ2) is 4.41. The number of nitrogens with two attached hydrogens (primary N) is 1. The summed E-state index contributed by atoms with van der Waals surface area (Å²) in [6, 6.07) is 0. The van der Waals surface area contributed by atoms with E-state index in [1.807, 2.05) is 0 Å². The highest BCUT2D eigenvalue weighted by Crippen LogP contribution is 2.39. The fourth-order valence-corrected chi connectivity index (χ4v) is 2.96. The fraction of sp³-hybridized carbons (Fsp3) is 0.846. The van der Waals surface area contributed by atoms with Crippen LogP contribution in [0.15, 0.2) is 0 Å². The predicted molar refractivity (Wildman–Crippen MR) is 68.7 cm³/mol. The lowest BCUT2D eigenvalue weighted by atomic mass is 9.96. The van der Waals surface area contributed by atoms with Crippen molar-refractivity contribution >= 4 is 0 Å². The highest BCUT2D eigenvalue weighted by molar-refractivity contribution is 5.09. The maximum atomic E-state index is 5.77. The third-order valence-corrected chi connectivity index (χ3v) is 3.80. The van der Waals surface area contributed by atoms with Crippen LogP contribution in [0.3, 0.4) is 0 Å². The van der Waals surface area contributed by atoms with Gasteiger partial charge in [0, 0.05) is 11.5 Å². The Balaban J connectivity index is 2.44. The van der Waals surface area contributed by atoms with E-state index in [1.165, 1.54) is 19.3 Å². The molecule has 1 aromatic heterocycles. The molecule has 0 aliphatic heterocycles. The summed E-state index contributed by atoms with van der Waals surface area (Å²) < 4.78 is 2.25. The molecule has 2 atom stereocenters. The molecule has 96 valence electrons. The topological polar surface area (TPSA) is 56.7 Å². The standard InChI is InChI=1S/C13H24N4/c1-9-6-5-7-10(9)12-16-15-11(8-14)17(12)13(2,3)4/h9-10H,5-8,14H2,1-4H3. The third kappa shape index (κ3) is 2.23. The average molecular weight is 236 g/mol. The van der Waals surface area contributed by atoms with Gasteiger partial charge in [-0.15, -0.1) is 10.2 Å². The Morgan fingerprint density at radius 2 is 2.00 bits per heavy atom.